The minimum absolute atomic E-state index is 0.166. The Morgan fingerprint density at radius 3 is 2.52 bits per heavy atom. The van der Waals surface area contributed by atoms with Crippen LogP contribution in [0.2, 0.25) is 0 Å². The van der Waals surface area contributed by atoms with E-state index in [0.717, 1.165) is 49.3 Å². The van der Waals surface area contributed by atoms with Crippen molar-refractivity contribution in [3.63, 3.8) is 0 Å². The molecule has 0 N–H and O–H groups in total. The second-order valence-corrected chi connectivity index (χ2v) is 9.13. The molecule has 2 saturated heterocycles. The number of fused-ring (bicyclic) bond motifs is 3. The zero-order chi connectivity index (χ0) is 22.4. The zero-order valence-corrected chi connectivity index (χ0v) is 18.3. The molecule has 1 amide bonds. The molecule has 8 nitrogen and oxygen atoms in total. The van der Waals surface area contributed by atoms with Crippen LogP contribution in [0.1, 0.15) is 24.1 Å². The molecule has 3 aliphatic heterocycles. The first-order chi connectivity index (χ1) is 16.1. The van der Waals surface area contributed by atoms with E-state index in [1.165, 1.54) is 12.4 Å². The molecule has 0 saturated carbocycles. The molecule has 2 aromatic heterocycles. The van der Waals surface area contributed by atoms with Crippen LogP contribution in [0.3, 0.4) is 0 Å². The van der Waals surface area contributed by atoms with Gasteiger partial charge >= 0.3 is 0 Å². The van der Waals surface area contributed by atoms with E-state index in [9.17, 15) is 9.18 Å². The third-order valence-corrected chi connectivity index (χ3v) is 6.98. The molecule has 170 valence electrons. The third kappa shape index (κ3) is 3.86. The standard InChI is InChI=1S/C24H26FN7O/c25-18-10-26-24(27-11-18)32-20-6-7-21(32)15-29(14-20)16-23(33)30-9-8-22-17(12-30)13-31(28-22)19-4-2-1-3-5-19/h1-5,10-11,13,20-21H,6-9,12,14-16H2. The number of amides is 1. The fourth-order valence-corrected chi connectivity index (χ4v) is 5.42. The van der Waals surface area contributed by atoms with Gasteiger partial charge in [-0.25, -0.2) is 19.0 Å². The minimum Gasteiger partial charge on any atom is -0.337 e. The quantitative estimate of drug-likeness (QED) is 0.610. The van der Waals surface area contributed by atoms with Gasteiger partial charge in [-0.15, -0.1) is 0 Å². The predicted molar refractivity (Wildman–Crippen MR) is 120 cm³/mol. The van der Waals surface area contributed by atoms with Crippen LogP contribution in [0.15, 0.2) is 48.9 Å². The second kappa shape index (κ2) is 8.22. The third-order valence-electron chi connectivity index (χ3n) is 6.98. The lowest BCUT2D eigenvalue weighted by molar-refractivity contribution is -0.133. The number of para-hydroxylation sites is 1. The number of piperazine rings is 1. The lowest BCUT2D eigenvalue weighted by atomic mass is 10.1. The average molecular weight is 448 g/mol. The normalized spacial score (nSPS) is 22.5. The van der Waals surface area contributed by atoms with Crippen LogP contribution < -0.4 is 4.90 Å². The fraction of sp³-hybridized carbons (Fsp3) is 0.417. The molecule has 0 radical (unpaired) electrons. The van der Waals surface area contributed by atoms with Crippen LogP contribution in [0, 0.1) is 5.82 Å². The Morgan fingerprint density at radius 2 is 1.79 bits per heavy atom. The van der Waals surface area contributed by atoms with Crippen molar-refractivity contribution in [3.8, 4) is 5.69 Å². The summed E-state index contributed by atoms with van der Waals surface area (Å²) in [7, 11) is 0. The van der Waals surface area contributed by atoms with E-state index in [0.29, 0.717) is 25.6 Å². The topological polar surface area (TPSA) is 70.4 Å². The van der Waals surface area contributed by atoms with Gasteiger partial charge in [0.2, 0.25) is 11.9 Å². The highest BCUT2D eigenvalue weighted by atomic mass is 19.1. The van der Waals surface area contributed by atoms with Crippen molar-refractivity contribution >= 4 is 11.9 Å². The van der Waals surface area contributed by atoms with Gasteiger partial charge in [0, 0.05) is 56.4 Å². The Bertz CT molecular complexity index is 1140. The van der Waals surface area contributed by atoms with E-state index < -0.39 is 5.82 Å². The summed E-state index contributed by atoms with van der Waals surface area (Å²) < 4.78 is 15.1. The zero-order valence-electron chi connectivity index (χ0n) is 18.3. The van der Waals surface area contributed by atoms with E-state index in [-0.39, 0.29) is 18.0 Å². The van der Waals surface area contributed by atoms with Gasteiger partial charge in [0.15, 0.2) is 5.82 Å². The molecule has 2 atom stereocenters. The van der Waals surface area contributed by atoms with E-state index >= 15 is 0 Å². The smallest absolute Gasteiger partial charge is 0.237 e. The molecule has 6 rings (SSSR count). The molecular formula is C24H26FN7O. The van der Waals surface area contributed by atoms with Crippen molar-refractivity contribution < 1.29 is 9.18 Å². The SMILES string of the molecule is O=C(CN1CC2CCC(C1)N2c1ncc(F)cn1)N1CCc2nn(-c3ccccc3)cc2C1. The summed E-state index contributed by atoms with van der Waals surface area (Å²) in [5.41, 5.74) is 3.23. The molecule has 3 aromatic rings. The molecule has 0 aliphatic carbocycles. The maximum atomic E-state index is 13.2. The van der Waals surface area contributed by atoms with Crippen LogP contribution in [0.4, 0.5) is 10.3 Å². The van der Waals surface area contributed by atoms with Gasteiger partial charge in [0.05, 0.1) is 30.3 Å². The van der Waals surface area contributed by atoms with Crippen molar-refractivity contribution in [1.29, 1.82) is 0 Å². The van der Waals surface area contributed by atoms with Crippen molar-refractivity contribution in [3.05, 3.63) is 66.0 Å². The van der Waals surface area contributed by atoms with Gasteiger partial charge < -0.3 is 9.80 Å². The number of rotatable bonds is 4. The highest BCUT2D eigenvalue weighted by Crippen LogP contribution is 2.33. The van der Waals surface area contributed by atoms with Gasteiger partial charge in [0.25, 0.3) is 0 Å². The van der Waals surface area contributed by atoms with Gasteiger partial charge in [-0.05, 0) is 25.0 Å². The summed E-state index contributed by atoms with van der Waals surface area (Å²) in [4.78, 5) is 28.0. The average Bonchev–Trinajstić information content (AvgIpc) is 3.38. The van der Waals surface area contributed by atoms with Crippen LogP contribution in [-0.2, 0) is 17.8 Å². The largest absolute Gasteiger partial charge is 0.337 e. The number of nitrogens with zero attached hydrogens (tertiary/aromatic N) is 7. The Hall–Kier alpha value is -3.33. The molecule has 2 fully saturated rings. The molecule has 3 aliphatic rings. The molecule has 33 heavy (non-hydrogen) atoms. The molecule has 1 aromatic carbocycles. The van der Waals surface area contributed by atoms with E-state index in [2.05, 4.69) is 19.8 Å². The second-order valence-electron chi connectivity index (χ2n) is 9.13. The van der Waals surface area contributed by atoms with E-state index in [1.54, 1.807) is 0 Å². The number of carbonyl (C=O) groups excluding carboxylic acids is 1. The Balaban J connectivity index is 1.10. The number of hydrogen-bond donors (Lipinski definition) is 0. The van der Waals surface area contributed by atoms with Crippen LogP contribution >= 0.6 is 0 Å². The number of hydrogen-bond acceptors (Lipinski definition) is 6. The van der Waals surface area contributed by atoms with Crippen LogP contribution in [0.25, 0.3) is 5.69 Å². The van der Waals surface area contributed by atoms with Gasteiger partial charge in [0.1, 0.15) is 0 Å². The highest BCUT2D eigenvalue weighted by Gasteiger charge is 2.42. The lowest BCUT2D eigenvalue weighted by Gasteiger charge is -2.41. The summed E-state index contributed by atoms with van der Waals surface area (Å²) in [5.74, 6) is 0.335. The van der Waals surface area contributed by atoms with E-state index in [1.807, 2.05) is 46.1 Å². The van der Waals surface area contributed by atoms with Gasteiger partial charge in [-0.1, -0.05) is 18.2 Å². The first kappa shape index (κ1) is 20.3. The molecular weight excluding hydrogens is 421 g/mol. The summed E-state index contributed by atoms with van der Waals surface area (Å²) >= 11 is 0. The van der Waals surface area contributed by atoms with Crippen LogP contribution in [-0.4, -0.2) is 73.7 Å². The monoisotopic (exact) mass is 447 g/mol. The van der Waals surface area contributed by atoms with E-state index in [4.69, 9.17) is 5.10 Å². The lowest BCUT2D eigenvalue weighted by Crippen LogP contribution is -2.56. The predicted octanol–water partition coefficient (Wildman–Crippen LogP) is 2.04. The van der Waals surface area contributed by atoms with Crippen molar-refractivity contribution in [2.45, 2.75) is 37.9 Å². The molecule has 9 heteroatoms. The van der Waals surface area contributed by atoms with Crippen molar-refractivity contribution in [1.82, 2.24) is 29.5 Å². The number of anilines is 1. The maximum Gasteiger partial charge on any atom is 0.237 e. The molecule has 5 heterocycles. The van der Waals surface area contributed by atoms with Gasteiger partial charge in [-0.3, -0.25) is 9.69 Å². The minimum atomic E-state index is -0.422. The molecule has 0 spiro atoms. The maximum absolute atomic E-state index is 13.2. The highest BCUT2D eigenvalue weighted by molar-refractivity contribution is 5.78. The number of benzene rings is 1. The number of carbonyl (C=O) groups is 1. The molecule has 2 unspecified atom stereocenters. The molecule has 2 bridgehead atoms. The number of aromatic nitrogens is 4. The number of halogens is 1. The summed E-state index contributed by atoms with van der Waals surface area (Å²) in [6.45, 7) is 3.33. The summed E-state index contributed by atoms with van der Waals surface area (Å²) in [5, 5.41) is 4.73. The number of likely N-dealkylation sites (tertiary alicyclic amines) is 1. The summed E-state index contributed by atoms with van der Waals surface area (Å²) in [6.07, 6.45) is 7.36. The Morgan fingerprint density at radius 1 is 1.06 bits per heavy atom. The van der Waals surface area contributed by atoms with Crippen molar-refractivity contribution in [2.24, 2.45) is 0 Å². The van der Waals surface area contributed by atoms with Gasteiger partial charge in [-0.2, -0.15) is 5.10 Å². The van der Waals surface area contributed by atoms with Crippen molar-refractivity contribution in [2.75, 3.05) is 31.1 Å². The fourth-order valence-electron chi connectivity index (χ4n) is 5.42. The summed E-state index contributed by atoms with van der Waals surface area (Å²) in [6, 6.07) is 10.6. The Labute approximate surface area is 191 Å². The first-order valence-electron chi connectivity index (χ1n) is 11.5. The Kier molecular flexibility index (Phi) is 5.05. The first-order valence-corrected chi connectivity index (χ1v) is 11.5. The van der Waals surface area contributed by atoms with Crippen LogP contribution in [0.5, 0.6) is 0 Å².